The smallest absolute Gasteiger partial charge is 0.335 e. The molecule has 4 saturated carbocycles. The Morgan fingerprint density at radius 2 is 1.30 bits per heavy atom. The quantitative estimate of drug-likeness (QED) is 0.0458. The molecule has 9 aliphatic rings. The van der Waals surface area contributed by atoms with Gasteiger partial charge in [0.1, 0.15) is 98.2 Å². The van der Waals surface area contributed by atoms with Crippen LogP contribution in [0, 0.1) is 50.2 Å². The highest BCUT2D eigenvalue weighted by Gasteiger charge is 2.73. The molecule has 4 aliphatic heterocycles. The summed E-state index contributed by atoms with van der Waals surface area (Å²) in [7, 11) is 0. The Labute approximate surface area is 516 Å². The Hall–Kier alpha value is -3.69. The third-order valence-electron chi connectivity index (χ3n) is 22.7. The van der Waals surface area contributed by atoms with Crippen molar-refractivity contribution in [2.24, 2.45) is 50.2 Å². The Bertz CT molecular complexity index is 2750. The molecule has 4 saturated heterocycles. The molecule has 0 spiro atoms. The normalized spacial score (nSPS) is 48.6. The van der Waals surface area contributed by atoms with E-state index >= 15 is 0 Å². The Kier molecular flexibility index (Phi) is 19.6. The van der Waals surface area contributed by atoms with E-state index in [0.717, 1.165) is 11.1 Å². The number of carbonyl (C=O) groups excluding carboxylic acids is 2. The standard InChI is InChI=1S/C63H92O26/c1-28(65)82-27-63-31(22-58(2,3)52(51(63)77)85-39(69)17-14-29-12-10-9-11-13-29)30-15-16-36-60(6)20-19-38(59(4,5)35(60)18-21-61(36,7)62(30,8)23-37(63)68)84-57-50(89-55-45(75)43(73)42(72)34(24-64)83-55)47(46(76)48(87-57)53(78)79)86-56-49(41(71)33(67)26-81-56)88-54-44(74)40(70)32(66)25-80-54/h9-15,17,31-38,40-52,54-57,64,66-68,70-77H,16,18-27H2,1-8H3,(H,78,79)/b17-14+/t31?,32-,33+,34+,35?,36?,37-,38+,40+,41+,42-,43+,44-,45-,46+,47+,48+,49-,50-,51+,52+,54+,55-,56+,57-,60+,61-,62-,63+/m1/s1. The molecule has 3 unspecified atom stereocenters. The van der Waals surface area contributed by atoms with E-state index in [9.17, 15) is 80.8 Å². The second-order valence-corrected chi connectivity index (χ2v) is 28.4. The Morgan fingerprint density at radius 3 is 1.97 bits per heavy atom. The predicted octanol–water partition coefficient (Wildman–Crippen LogP) is -0.444. The summed E-state index contributed by atoms with van der Waals surface area (Å²) in [5, 5.41) is 145. The molecule has 0 amide bonds. The second-order valence-electron chi connectivity index (χ2n) is 28.4. The van der Waals surface area contributed by atoms with Crippen molar-refractivity contribution >= 4 is 24.0 Å². The van der Waals surface area contributed by atoms with E-state index in [1.807, 2.05) is 58.0 Å². The van der Waals surface area contributed by atoms with E-state index in [1.54, 1.807) is 6.08 Å². The Morgan fingerprint density at radius 1 is 0.663 bits per heavy atom. The molecule has 4 heterocycles. The number of hydrogen-bond acceptors (Lipinski definition) is 25. The van der Waals surface area contributed by atoms with Crippen molar-refractivity contribution in [3.8, 4) is 0 Å². The van der Waals surface area contributed by atoms with Crippen LogP contribution in [0.5, 0.6) is 0 Å². The fraction of sp³-hybridized carbons (Fsp3) is 0.794. The molecule has 0 radical (unpaired) electrons. The lowest BCUT2D eigenvalue weighted by Crippen LogP contribution is -2.72. The zero-order valence-electron chi connectivity index (χ0n) is 51.5. The van der Waals surface area contributed by atoms with Crippen molar-refractivity contribution in [3.63, 3.8) is 0 Å². The van der Waals surface area contributed by atoms with Crippen LogP contribution in [0.25, 0.3) is 6.08 Å². The molecule has 0 bridgehead atoms. The molecule has 26 heteroatoms. The first kappa shape index (κ1) is 68.2. The minimum atomic E-state index is -2.21. The molecule has 1 aromatic carbocycles. The number of ether oxygens (including phenoxy) is 10. The number of allylic oxidation sites excluding steroid dienone is 2. The average molecular weight is 1270 g/mol. The number of carboxylic acids is 1. The molecule has 500 valence electrons. The van der Waals surface area contributed by atoms with Gasteiger partial charge in [-0.15, -0.1) is 0 Å². The van der Waals surface area contributed by atoms with Gasteiger partial charge in [-0.1, -0.05) is 90.4 Å². The van der Waals surface area contributed by atoms with Gasteiger partial charge >= 0.3 is 17.9 Å². The van der Waals surface area contributed by atoms with Crippen LogP contribution in [0.15, 0.2) is 48.1 Å². The number of hydrogen-bond donors (Lipinski definition) is 13. The summed E-state index contributed by atoms with van der Waals surface area (Å²) in [6.07, 6.45) is -29.8. The second kappa shape index (κ2) is 25.6. The third-order valence-corrected chi connectivity index (χ3v) is 22.7. The summed E-state index contributed by atoms with van der Waals surface area (Å²) in [6.45, 7) is 13.6. The first-order valence-corrected chi connectivity index (χ1v) is 31.0. The van der Waals surface area contributed by atoms with Crippen LogP contribution in [-0.2, 0) is 61.8 Å². The van der Waals surface area contributed by atoms with Crippen LogP contribution >= 0.6 is 0 Å². The van der Waals surface area contributed by atoms with E-state index in [-0.39, 0.29) is 24.9 Å². The van der Waals surface area contributed by atoms with Gasteiger partial charge in [-0.25, -0.2) is 9.59 Å². The van der Waals surface area contributed by atoms with E-state index in [2.05, 4.69) is 26.8 Å². The van der Waals surface area contributed by atoms with Gasteiger partial charge < -0.3 is 114 Å². The highest BCUT2D eigenvalue weighted by atomic mass is 16.8. The zero-order chi connectivity index (χ0) is 64.8. The summed E-state index contributed by atoms with van der Waals surface area (Å²) in [6, 6.07) is 9.21. The molecule has 0 aromatic heterocycles. The monoisotopic (exact) mass is 1260 g/mol. The maximum absolute atomic E-state index is 13.6. The van der Waals surface area contributed by atoms with Crippen LogP contribution in [0.3, 0.4) is 0 Å². The van der Waals surface area contributed by atoms with E-state index in [1.165, 1.54) is 13.0 Å². The maximum Gasteiger partial charge on any atom is 0.335 e. The molecule has 13 N–H and O–H groups in total. The number of aliphatic carboxylic acids is 1. The van der Waals surface area contributed by atoms with Gasteiger partial charge in [0.05, 0.1) is 37.4 Å². The first-order chi connectivity index (χ1) is 41.8. The molecule has 26 nitrogen and oxygen atoms in total. The predicted molar refractivity (Wildman–Crippen MR) is 304 cm³/mol. The molecular weight excluding hydrogens is 1170 g/mol. The van der Waals surface area contributed by atoms with E-state index in [0.29, 0.717) is 38.5 Å². The van der Waals surface area contributed by atoms with Crippen LogP contribution < -0.4 is 0 Å². The summed E-state index contributed by atoms with van der Waals surface area (Å²) in [5.41, 5.74) is -2.88. The SMILES string of the molecule is CC(=O)OC[C@@]12C(CC(C)(C)[C@@H](OC(=O)/C=C/c3ccccc3)[C@@H]1O)C1=CCC3[C@@]4(C)CC[C@H](O[C@@H]5O[C@H](C(=O)O)[C@@H](O)[C@H](O[C@@H]6OC[C@H](O)[C@H](O)[C@H]6O[C@@H]6OC[C@@H](O)[C@H](O)[C@H]6O)[C@H]5O[C@H]5O[C@@H](CO)[C@@H](O)[C@H](O)[C@H]5O)C(C)(C)C4CC[C@@]3(C)[C@]1(C)C[C@H]2O. The van der Waals surface area contributed by atoms with Crippen LogP contribution in [0.4, 0.5) is 0 Å². The van der Waals surface area contributed by atoms with Crippen molar-refractivity contribution in [1.29, 1.82) is 0 Å². The fourth-order valence-corrected chi connectivity index (χ4v) is 17.6. The lowest BCUT2D eigenvalue weighted by atomic mass is 9.33. The van der Waals surface area contributed by atoms with Crippen molar-refractivity contribution in [2.75, 3.05) is 26.4 Å². The van der Waals surface area contributed by atoms with Gasteiger partial charge in [0.15, 0.2) is 31.3 Å². The largest absolute Gasteiger partial charge is 0.479 e. The fourth-order valence-electron chi connectivity index (χ4n) is 17.6. The highest BCUT2D eigenvalue weighted by Crippen LogP contribution is 2.76. The molecular formula is C63H92O26. The molecule has 8 fully saturated rings. The highest BCUT2D eigenvalue weighted by molar-refractivity contribution is 5.87. The zero-order valence-corrected chi connectivity index (χ0v) is 51.5. The topological polar surface area (TPSA) is 407 Å². The molecule has 5 aliphatic carbocycles. The van der Waals surface area contributed by atoms with Gasteiger partial charge in [-0.05, 0) is 96.0 Å². The van der Waals surface area contributed by atoms with Crippen LogP contribution in [0.1, 0.15) is 106 Å². The Balaban J connectivity index is 0.948. The number of aliphatic hydroxyl groups excluding tert-OH is 12. The van der Waals surface area contributed by atoms with Crippen LogP contribution in [-0.4, -0.2) is 246 Å². The number of fused-ring (bicyclic) bond motifs is 7. The van der Waals surface area contributed by atoms with Crippen molar-refractivity contribution in [2.45, 2.75) is 235 Å². The number of aliphatic hydroxyl groups is 12. The van der Waals surface area contributed by atoms with Gasteiger partial charge in [0.2, 0.25) is 0 Å². The molecule has 89 heavy (non-hydrogen) atoms. The van der Waals surface area contributed by atoms with Crippen LogP contribution in [0.2, 0.25) is 0 Å². The first-order valence-electron chi connectivity index (χ1n) is 31.0. The minimum absolute atomic E-state index is 0.0203. The third kappa shape index (κ3) is 11.9. The van der Waals surface area contributed by atoms with E-state index in [4.69, 9.17) is 47.4 Å². The lowest BCUT2D eigenvalue weighted by Gasteiger charge is -2.72. The number of rotatable bonds is 15. The molecule has 1 aromatic rings. The number of carbonyl (C=O) groups is 3. The van der Waals surface area contributed by atoms with Crippen molar-refractivity contribution in [3.05, 3.63) is 53.6 Å². The van der Waals surface area contributed by atoms with Gasteiger partial charge in [0.25, 0.3) is 0 Å². The summed E-state index contributed by atoms with van der Waals surface area (Å²) >= 11 is 0. The summed E-state index contributed by atoms with van der Waals surface area (Å²) in [4.78, 5) is 39.4. The van der Waals surface area contributed by atoms with Gasteiger partial charge in [-0.3, -0.25) is 4.79 Å². The van der Waals surface area contributed by atoms with Crippen molar-refractivity contribution < 1.29 is 128 Å². The number of esters is 2. The van der Waals surface area contributed by atoms with Gasteiger partial charge in [0, 0.05) is 18.4 Å². The maximum atomic E-state index is 13.6. The minimum Gasteiger partial charge on any atom is -0.479 e. The average Bonchev–Trinajstić information content (AvgIpc) is 0.673. The van der Waals surface area contributed by atoms with Crippen molar-refractivity contribution in [1.82, 2.24) is 0 Å². The van der Waals surface area contributed by atoms with Gasteiger partial charge in [-0.2, -0.15) is 0 Å². The molecule has 29 atom stereocenters. The summed E-state index contributed by atoms with van der Waals surface area (Å²) in [5.74, 6) is -3.62. The number of carboxylic acid groups (broad SMARTS) is 1. The lowest BCUT2D eigenvalue weighted by molar-refractivity contribution is -0.399. The summed E-state index contributed by atoms with van der Waals surface area (Å²) < 4.78 is 60.6. The van der Waals surface area contributed by atoms with E-state index < -0.39 is 211 Å². The number of benzene rings is 1. The molecule has 10 rings (SSSR count).